The molecule has 0 bridgehead atoms. The van der Waals surface area contributed by atoms with Gasteiger partial charge in [0.25, 0.3) is 0 Å². The van der Waals surface area contributed by atoms with E-state index in [2.05, 4.69) is 23.0 Å². The van der Waals surface area contributed by atoms with Crippen LogP contribution in [-0.2, 0) is 11.2 Å². The maximum Gasteiger partial charge on any atom is 0.137 e. The van der Waals surface area contributed by atoms with E-state index in [1.54, 1.807) is 0 Å². The Hall–Kier alpha value is -1.22. The molecule has 3 nitrogen and oxygen atoms in total. The molecule has 0 amide bonds. The van der Waals surface area contributed by atoms with Gasteiger partial charge in [0.1, 0.15) is 5.78 Å². The van der Waals surface area contributed by atoms with Crippen LogP contribution in [0.4, 0.5) is 0 Å². The fourth-order valence-corrected chi connectivity index (χ4v) is 2.57. The predicted molar refractivity (Wildman–Crippen MR) is 72.4 cm³/mol. The molecule has 1 aliphatic rings. The minimum Gasteiger partial charge on any atom is -0.305 e. The van der Waals surface area contributed by atoms with E-state index < -0.39 is 0 Å². The molecule has 1 saturated carbocycles. The Morgan fingerprint density at radius 2 is 2.28 bits per heavy atom. The SMILES string of the molecule is CN(CCc1ccccn1)CC1CCCCC1=O. The van der Waals surface area contributed by atoms with Crippen LogP contribution in [0.3, 0.4) is 0 Å². The smallest absolute Gasteiger partial charge is 0.137 e. The molecule has 1 atom stereocenters. The van der Waals surface area contributed by atoms with Crippen molar-refractivity contribution in [3.8, 4) is 0 Å². The molecule has 0 aliphatic heterocycles. The van der Waals surface area contributed by atoms with Gasteiger partial charge in [0, 0.05) is 43.7 Å². The molecule has 18 heavy (non-hydrogen) atoms. The van der Waals surface area contributed by atoms with Crippen molar-refractivity contribution in [1.82, 2.24) is 9.88 Å². The Morgan fingerprint density at radius 1 is 1.39 bits per heavy atom. The molecule has 1 unspecified atom stereocenters. The molecule has 0 N–H and O–H groups in total. The van der Waals surface area contributed by atoms with E-state index in [1.807, 2.05) is 18.3 Å². The van der Waals surface area contributed by atoms with Crippen LogP contribution in [0.25, 0.3) is 0 Å². The van der Waals surface area contributed by atoms with Crippen LogP contribution in [-0.4, -0.2) is 35.8 Å². The summed E-state index contributed by atoms with van der Waals surface area (Å²) in [7, 11) is 2.10. The van der Waals surface area contributed by atoms with E-state index in [0.29, 0.717) is 5.78 Å². The number of Topliss-reactive ketones (excluding diaryl/α,β-unsaturated/α-hetero) is 1. The molecule has 1 aliphatic carbocycles. The highest BCUT2D eigenvalue weighted by molar-refractivity contribution is 5.81. The van der Waals surface area contributed by atoms with Crippen molar-refractivity contribution in [2.24, 2.45) is 5.92 Å². The van der Waals surface area contributed by atoms with Gasteiger partial charge in [0.15, 0.2) is 0 Å². The maximum atomic E-state index is 11.8. The molecule has 0 aromatic carbocycles. The summed E-state index contributed by atoms with van der Waals surface area (Å²) in [5.74, 6) is 0.735. The lowest BCUT2D eigenvalue weighted by Gasteiger charge is -2.25. The first-order valence-corrected chi connectivity index (χ1v) is 6.87. The summed E-state index contributed by atoms with van der Waals surface area (Å²) in [6.45, 7) is 1.88. The van der Waals surface area contributed by atoms with Crippen LogP contribution in [0.5, 0.6) is 0 Å². The molecule has 0 saturated heterocycles. The van der Waals surface area contributed by atoms with Crippen LogP contribution < -0.4 is 0 Å². The second-order valence-corrected chi connectivity index (χ2v) is 5.24. The highest BCUT2D eigenvalue weighted by atomic mass is 16.1. The zero-order chi connectivity index (χ0) is 12.8. The van der Waals surface area contributed by atoms with Crippen molar-refractivity contribution in [1.29, 1.82) is 0 Å². The van der Waals surface area contributed by atoms with E-state index >= 15 is 0 Å². The monoisotopic (exact) mass is 246 g/mol. The Labute approximate surface area is 109 Å². The van der Waals surface area contributed by atoms with Crippen LogP contribution in [0.1, 0.15) is 31.4 Å². The number of hydrogen-bond donors (Lipinski definition) is 0. The van der Waals surface area contributed by atoms with Crippen molar-refractivity contribution in [2.75, 3.05) is 20.1 Å². The summed E-state index contributed by atoms with van der Waals surface area (Å²) in [6, 6.07) is 6.01. The number of ketones is 1. The molecule has 1 aromatic heterocycles. The van der Waals surface area contributed by atoms with Gasteiger partial charge >= 0.3 is 0 Å². The average Bonchev–Trinajstić information content (AvgIpc) is 2.40. The Morgan fingerprint density at radius 3 is 3.00 bits per heavy atom. The van der Waals surface area contributed by atoms with Gasteiger partial charge in [-0.05, 0) is 32.0 Å². The number of aromatic nitrogens is 1. The molecular weight excluding hydrogens is 224 g/mol. The van der Waals surface area contributed by atoms with Crippen LogP contribution in [0.2, 0.25) is 0 Å². The van der Waals surface area contributed by atoms with E-state index in [4.69, 9.17) is 0 Å². The van der Waals surface area contributed by atoms with Gasteiger partial charge in [0.2, 0.25) is 0 Å². The molecular formula is C15H22N2O. The Balaban J connectivity index is 1.74. The van der Waals surface area contributed by atoms with E-state index in [-0.39, 0.29) is 5.92 Å². The van der Waals surface area contributed by atoms with Gasteiger partial charge in [-0.15, -0.1) is 0 Å². The van der Waals surface area contributed by atoms with Gasteiger partial charge in [-0.1, -0.05) is 12.5 Å². The lowest BCUT2D eigenvalue weighted by Crippen LogP contribution is -2.33. The molecule has 1 heterocycles. The largest absolute Gasteiger partial charge is 0.305 e. The third-order valence-electron chi connectivity index (χ3n) is 3.69. The number of carbonyl (C=O) groups is 1. The highest BCUT2D eigenvalue weighted by Crippen LogP contribution is 2.21. The van der Waals surface area contributed by atoms with Gasteiger partial charge < -0.3 is 4.90 Å². The minimum absolute atomic E-state index is 0.271. The van der Waals surface area contributed by atoms with Gasteiger partial charge in [-0.2, -0.15) is 0 Å². The molecule has 2 rings (SSSR count). The van der Waals surface area contributed by atoms with Crippen LogP contribution in [0.15, 0.2) is 24.4 Å². The van der Waals surface area contributed by atoms with Crippen molar-refractivity contribution >= 4 is 5.78 Å². The third kappa shape index (κ3) is 3.91. The van der Waals surface area contributed by atoms with Crippen molar-refractivity contribution in [3.05, 3.63) is 30.1 Å². The first-order valence-electron chi connectivity index (χ1n) is 6.87. The maximum absolute atomic E-state index is 11.8. The molecule has 98 valence electrons. The number of rotatable bonds is 5. The van der Waals surface area contributed by atoms with Gasteiger partial charge in [-0.3, -0.25) is 9.78 Å². The predicted octanol–water partition coefficient (Wildman–Crippen LogP) is 2.32. The van der Waals surface area contributed by atoms with Crippen molar-refractivity contribution < 1.29 is 4.79 Å². The van der Waals surface area contributed by atoms with Crippen molar-refractivity contribution in [2.45, 2.75) is 32.1 Å². The molecule has 1 fully saturated rings. The number of likely N-dealkylation sites (N-methyl/N-ethyl adjacent to an activating group) is 1. The van der Waals surface area contributed by atoms with E-state index in [1.165, 1.54) is 6.42 Å². The summed E-state index contributed by atoms with van der Waals surface area (Å²) in [6.07, 6.45) is 6.96. The molecule has 1 aromatic rings. The quantitative estimate of drug-likeness (QED) is 0.799. The first kappa shape index (κ1) is 13.2. The van der Waals surface area contributed by atoms with E-state index in [0.717, 1.165) is 44.5 Å². The molecule has 0 spiro atoms. The first-order chi connectivity index (χ1) is 8.75. The van der Waals surface area contributed by atoms with E-state index in [9.17, 15) is 4.79 Å². The normalized spacial score (nSPS) is 20.3. The lowest BCUT2D eigenvalue weighted by atomic mass is 9.87. The minimum atomic E-state index is 0.271. The fourth-order valence-electron chi connectivity index (χ4n) is 2.57. The summed E-state index contributed by atoms with van der Waals surface area (Å²) < 4.78 is 0. The summed E-state index contributed by atoms with van der Waals surface area (Å²) in [4.78, 5) is 18.4. The second-order valence-electron chi connectivity index (χ2n) is 5.24. The van der Waals surface area contributed by atoms with Crippen LogP contribution in [0, 0.1) is 5.92 Å². The van der Waals surface area contributed by atoms with Crippen molar-refractivity contribution in [3.63, 3.8) is 0 Å². The fraction of sp³-hybridized carbons (Fsp3) is 0.600. The zero-order valence-corrected chi connectivity index (χ0v) is 11.1. The number of nitrogens with zero attached hydrogens (tertiary/aromatic N) is 2. The summed E-state index contributed by atoms with van der Waals surface area (Å²) in [5.41, 5.74) is 1.12. The third-order valence-corrected chi connectivity index (χ3v) is 3.69. The number of carbonyl (C=O) groups excluding carboxylic acids is 1. The number of pyridine rings is 1. The zero-order valence-electron chi connectivity index (χ0n) is 11.1. The van der Waals surface area contributed by atoms with Gasteiger partial charge in [-0.25, -0.2) is 0 Å². The van der Waals surface area contributed by atoms with Gasteiger partial charge in [0.05, 0.1) is 0 Å². The Kier molecular flexibility index (Phi) is 4.88. The average molecular weight is 246 g/mol. The summed E-state index contributed by atoms with van der Waals surface area (Å²) in [5, 5.41) is 0. The standard InChI is InChI=1S/C15H22N2O/c1-17(11-9-14-7-4-5-10-16-14)12-13-6-2-3-8-15(13)18/h4-5,7,10,13H,2-3,6,8-9,11-12H2,1H3. The van der Waals surface area contributed by atoms with Crippen LogP contribution >= 0.6 is 0 Å². The molecule has 3 heteroatoms. The lowest BCUT2D eigenvalue weighted by molar-refractivity contribution is -0.125. The molecule has 0 radical (unpaired) electrons. The highest BCUT2D eigenvalue weighted by Gasteiger charge is 2.23. The Bertz CT molecular complexity index is 377. The summed E-state index contributed by atoms with van der Waals surface area (Å²) >= 11 is 0. The number of hydrogen-bond acceptors (Lipinski definition) is 3. The second kappa shape index (κ2) is 6.64. The topological polar surface area (TPSA) is 33.2 Å².